The Morgan fingerprint density at radius 2 is 2.38 bits per heavy atom. The fraction of sp³-hybridized carbons (Fsp3) is 0.389. The Morgan fingerprint density at radius 3 is 3.12 bits per heavy atom. The zero-order chi connectivity index (χ0) is 16.9. The molecule has 1 atom stereocenters. The van der Waals surface area contributed by atoms with Gasteiger partial charge in [0.1, 0.15) is 5.75 Å². The van der Waals surface area contributed by atoms with Crippen molar-refractivity contribution in [1.29, 1.82) is 5.26 Å². The van der Waals surface area contributed by atoms with Gasteiger partial charge >= 0.3 is 0 Å². The monoisotopic (exact) mass is 325 g/mol. The number of pyridine rings is 1. The number of phenolic OH excluding ortho intramolecular Hbond substituents is 1. The molecule has 1 amide bonds. The van der Waals surface area contributed by atoms with E-state index in [1.54, 1.807) is 29.3 Å². The van der Waals surface area contributed by atoms with Gasteiger partial charge in [0, 0.05) is 31.3 Å². The summed E-state index contributed by atoms with van der Waals surface area (Å²) in [5, 5.41) is 19.9. The molecule has 6 heteroatoms. The topological polar surface area (TPSA) is 86.5 Å². The highest BCUT2D eigenvalue weighted by atomic mass is 16.5. The molecule has 24 heavy (non-hydrogen) atoms. The van der Waals surface area contributed by atoms with Crippen molar-refractivity contribution >= 4 is 16.8 Å². The molecule has 1 aromatic heterocycles. The van der Waals surface area contributed by atoms with Crippen LogP contribution in [0, 0.1) is 11.3 Å². The van der Waals surface area contributed by atoms with Gasteiger partial charge in [-0.1, -0.05) is 6.07 Å². The van der Waals surface area contributed by atoms with Gasteiger partial charge in [0.05, 0.1) is 29.7 Å². The average molecular weight is 325 g/mol. The lowest BCUT2D eigenvalue weighted by Gasteiger charge is -2.25. The third-order valence-corrected chi connectivity index (χ3v) is 4.18. The summed E-state index contributed by atoms with van der Waals surface area (Å²) in [5.41, 5.74) is 0.855. The number of carbonyl (C=O) groups excluding carboxylic acids is 1. The van der Waals surface area contributed by atoms with Crippen LogP contribution in [-0.2, 0) is 4.74 Å². The van der Waals surface area contributed by atoms with Crippen LogP contribution in [0.2, 0.25) is 0 Å². The van der Waals surface area contributed by atoms with E-state index in [1.165, 1.54) is 0 Å². The van der Waals surface area contributed by atoms with Crippen LogP contribution in [-0.4, -0.2) is 46.7 Å². The molecule has 6 nitrogen and oxygen atoms in total. The number of aromatic nitrogens is 1. The third-order valence-electron chi connectivity index (χ3n) is 4.18. The minimum Gasteiger partial charge on any atom is -0.507 e. The summed E-state index contributed by atoms with van der Waals surface area (Å²) in [7, 11) is 0. The van der Waals surface area contributed by atoms with Crippen molar-refractivity contribution in [2.75, 3.05) is 19.7 Å². The molecule has 1 aromatic carbocycles. The number of fused-ring (bicyclic) bond motifs is 1. The van der Waals surface area contributed by atoms with Crippen LogP contribution in [0.1, 0.15) is 29.6 Å². The second-order valence-corrected chi connectivity index (χ2v) is 5.86. The molecule has 1 unspecified atom stereocenters. The van der Waals surface area contributed by atoms with Gasteiger partial charge in [-0.25, -0.2) is 0 Å². The first-order chi connectivity index (χ1) is 11.7. The number of ether oxygens (including phenoxy) is 1. The standard InChI is InChI=1S/C18H19N3O3/c19-6-3-8-21(12-14-5-2-9-24-14)18(23)15-11-16-13(10-17(15)22)4-1-7-20-16/h1,4,7,10-11,14,22H,2-3,5,8-9,12H2. The second kappa shape index (κ2) is 7.28. The summed E-state index contributed by atoms with van der Waals surface area (Å²) in [6.07, 6.45) is 3.77. The van der Waals surface area contributed by atoms with Gasteiger partial charge in [0.25, 0.3) is 5.91 Å². The summed E-state index contributed by atoms with van der Waals surface area (Å²) in [6.45, 7) is 1.45. The molecule has 0 aliphatic carbocycles. The van der Waals surface area contributed by atoms with E-state index in [4.69, 9.17) is 10.00 Å². The smallest absolute Gasteiger partial charge is 0.257 e. The van der Waals surface area contributed by atoms with Crippen molar-refractivity contribution < 1.29 is 14.6 Å². The van der Waals surface area contributed by atoms with Crippen LogP contribution in [0.4, 0.5) is 0 Å². The van der Waals surface area contributed by atoms with Gasteiger partial charge in [-0.15, -0.1) is 0 Å². The summed E-state index contributed by atoms with van der Waals surface area (Å²) in [4.78, 5) is 18.7. The Balaban J connectivity index is 1.87. The minimum atomic E-state index is -0.300. The fourth-order valence-electron chi connectivity index (χ4n) is 2.94. The minimum absolute atomic E-state index is 0.00614. The number of amides is 1. The Bertz CT molecular complexity index is 779. The second-order valence-electron chi connectivity index (χ2n) is 5.86. The van der Waals surface area contributed by atoms with Gasteiger partial charge in [-0.05, 0) is 31.0 Å². The number of phenols is 1. The molecule has 2 heterocycles. The lowest BCUT2D eigenvalue weighted by molar-refractivity contribution is 0.0529. The normalized spacial score (nSPS) is 16.9. The number of rotatable bonds is 5. The van der Waals surface area contributed by atoms with E-state index < -0.39 is 0 Å². The van der Waals surface area contributed by atoms with E-state index in [9.17, 15) is 9.90 Å². The van der Waals surface area contributed by atoms with Gasteiger partial charge < -0.3 is 14.7 Å². The molecule has 1 fully saturated rings. The molecule has 1 saturated heterocycles. The zero-order valence-electron chi connectivity index (χ0n) is 13.3. The zero-order valence-corrected chi connectivity index (χ0v) is 13.3. The van der Waals surface area contributed by atoms with Crippen LogP contribution in [0.5, 0.6) is 5.75 Å². The highest BCUT2D eigenvalue weighted by molar-refractivity contribution is 6.00. The van der Waals surface area contributed by atoms with Crippen LogP contribution in [0.25, 0.3) is 10.9 Å². The van der Waals surface area contributed by atoms with Crippen molar-refractivity contribution in [3.05, 3.63) is 36.0 Å². The van der Waals surface area contributed by atoms with E-state index >= 15 is 0 Å². The number of hydrogen-bond donors (Lipinski definition) is 1. The molecule has 1 aliphatic rings. The average Bonchev–Trinajstić information content (AvgIpc) is 3.10. The first kappa shape index (κ1) is 16.2. The Kier molecular flexibility index (Phi) is 4.92. The highest BCUT2D eigenvalue weighted by Crippen LogP contribution is 2.25. The molecule has 0 spiro atoms. The van der Waals surface area contributed by atoms with Crippen LogP contribution >= 0.6 is 0 Å². The Labute approximate surface area is 140 Å². The quantitative estimate of drug-likeness (QED) is 0.912. The number of carbonyl (C=O) groups is 1. The van der Waals surface area contributed by atoms with Gasteiger partial charge in [-0.2, -0.15) is 5.26 Å². The summed E-state index contributed by atoms with van der Waals surface area (Å²) in [5.74, 6) is -0.374. The maximum Gasteiger partial charge on any atom is 0.257 e. The summed E-state index contributed by atoms with van der Waals surface area (Å²) in [6, 6.07) is 8.82. The molecule has 0 saturated carbocycles. The molecule has 1 aliphatic heterocycles. The van der Waals surface area contributed by atoms with E-state index in [0.717, 1.165) is 18.2 Å². The maximum atomic E-state index is 12.9. The van der Waals surface area contributed by atoms with Crippen LogP contribution in [0.3, 0.4) is 0 Å². The van der Waals surface area contributed by atoms with Crippen LogP contribution in [0.15, 0.2) is 30.5 Å². The predicted octanol–water partition coefficient (Wildman–Crippen LogP) is 2.48. The highest BCUT2D eigenvalue weighted by Gasteiger charge is 2.25. The molecule has 2 aromatic rings. The van der Waals surface area contributed by atoms with Crippen molar-refractivity contribution in [2.45, 2.75) is 25.4 Å². The largest absolute Gasteiger partial charge is 0.507 e. The fourth-order valence-corrected chi connectivity index (χ4v) is 2.94. The number of aromatic hydroxyl groups is 1. The first-order valence-corrected chi connectivity index (χ1v) is 8.04. The number of benzene rings is 1. The molecular formula is C18H19N3O3. The van der Waals surface area contributed by atoms with Crippen molar-refractivity contribution in [2.24, 2.45) is 0 Å². The summed E-state index contributed by atoms with van der Waals surface area (Å²) >= 11 is 0. The number of hydrogen-bond acceptors (Lipinski definition) is 5. The molecule has 3 rings (SSSR count). The third kappa shape index (κ3) is 3.47. The SMILES string of the molecule is N#CCCN(CC1CCCO1)C(=O)c1cc2ncccc2cc1O. The van der Waals surface area contributed by atoms with Gasteiger partial charge in [-0.3, -0.25) is 9.78 Å². The van der Waals surface area contributed by atoms with Gasteiger partial charge in [0.15, 0.2) is 0 Å². The molecule has 124 valence electrons. The number of nitrogens with zero attached hydrogens (tertiary/aromatic N) is 3. The Morgan fingerprint density at radius 1 is 1.50 bits per heavy atom. The molecule has 1 N–H and O–H groups in total. The first-order valence-electron chi connectivity index (χ1n) is 8.04. The van der Waals surface area contributed by atoms with E-state index in [1.807, 2.05) is 6.07 Å². The van der Waals surface area contributed by atoms with E-state index in [-0.39, 0.29) is 29.7 Å². The van der Waals surface area contributed by atoms with E-state index in [2.05, 4.69) is 11.1 Å². The van der Waals surface area contributed by atoms with Crippen LogP contribution < -0.4 is 0 Å². The lowest BCUT2D eigenvalue weighted by atomic mass is 10.1. The lowest BCUT2D eigenvalue weighted by Crippen LogP contribution is -2.38. The van der Waals surface area contributed by atoms with Crippen molar-refractivity contribution in [3.8, 4) is 11.8 Å². The van der Waals surface area contributed by atoms with Crippen molar-refractivity contribution in [3.63, 3.8) is 0 Å². The molecule has 0 radical (unpaired) electrons. The summed E-state index contributed by atoms with van der Waals surface area (Å²) < 4.78 is 5.60. The number of nitriles is 1. The Hall–Kier alpha value is -2.65. The van der Waals surface area contributed by atoms with Gasteiger partial charge in [0.2, 0.25) is 0 Å². The molecule has 0 bridgehead atoms. The maximum absolute atomic E-state index is 12.9. The molecular weight excluding hydrogens is 306 g/mol. The van der Waals surface area contributed by atoms with E-state index in [0.29, 0.717) is 25.2 Å². The van der Waals surface area contributed by atoms with Crippen molar-refractivity contribution in [1.82, 2.24) is 9.88 Å². The predicted molar refractivity (Wildman–Crippen MR) is 88.5 cm³/mol.